The van der Waals surface area contributed by atoms with E-state index in [1.165, 1.54) is 13.1 Å². The van der Waals surface area contributed by atoms with E-state index in [9.17, 15) is 39.5 Å². The van der Waals surface area contributed by atoms with Crippen LogP contribution in [-0.2, 0) is 12.3 Å². The predicted molar refractivity (Wildman–Crippen MR) is 61.8 cm³/mol. The van der Waals surface area contributed by atoms with Crippen LogP contribution in [-0.4, -0.2) is 50.7 Å². The predicted octanol–water partition coefficient (Wildman–Crippen LogP) is 2.83. The summed E-state index contributed by atoms with van der Waals surface area (Å²) >= 11 is 0. The van der Waals surface area contributed by atoms with E-state index in [2.05, 4.69) is 8.23 Å². The lowest BCUT2D eigenvalue weighted by molar-refractivity contribution is -0.386. The number of hydrogen-bond donors (Lipinski definition) is 0. The van der Waals surface area contributed by atoms with Crippen molar-refractivity contribution < 1.29 is 51.9 Å². The van der Waals surface area contributed by atoms with Crippen molar-refractivity contribution in [2.45, 2.75) is 43.2 Å². The van der Waals surface area contributed by atoms with E-state index in [0.717, 1.165) is 0 Å². The molecule has 0 radical (unpaired) electrons. The van der Waals surface area contributed by atoms with Gasteiger partial charge in [0.05, 0.1) is 0 Å². The van der Waals surface area contributed by atoms with Gasteiger partial charge in [0.25, 0.3) is 10.0 Å². The molecule has 1 saturated heterocycles. The minimum absolute atomic E-state index is 0.331. The Balaban J connectivity index is 3.32. The monoisotopic (exact) mass is 398 g/mol. The van der Waals surface area contributed by atoms with Crippen LogP contribution in [0.3, 0.4) is 0 Å². The summed E-state index contributed by atoms with van der Waals surface area (Å²) in [6, 6.07) is 0. The Morgan fingerprint density at radius 2 is 1.18 bits per heavy atom. The number of hydrogen-bond acceptors (Lipinski definition) is 3. The van der Waals surface area contributed by atoms with Gasteiger partial charge in [-0.05, 0) is 19.6 Å². The number of rotatable bonds is 3. The van der Waals surface area contributed by atoms with E-state index in [-0.39, 0.29) is 0 Å². The van der Waals surface area contributed by atoms with Crippen molar-refractivity contribution in [3.8, 4) is 0 Å². The molecule has 1 aliphatic heterocycles. The molecule has 3 nitrogen and oxygen atoms in total. The van der Waals surface area contributed by atoms with Crippen LogP contribution in [0.4, 0.5) is 39.5 Å². The summed E-state index contributed by atoms with van der Waals surface area (Å²) in [5, 5.41) is 0. The second kappa shape index (κ2) is 5.20. The zero-order valence-electron chi connectivity index (χ0n) is 11.3. The van der Waals surface area contributed by atoms with E-state index in [1.54, 1.807) is 0 Å². The van der Waals surface area contributed by atoms with Crippen LogP contribution in [0.5, 0.6) is 0 Å². The van der Waals surface area contributed by atoms with Gasteiger partial charge in [-0.2, -0.15) is 39.5 Å². The largest absolute Gasteiger partial charge is 0.460 e. The van der Waals surface area contributed by atoms with Gasteiger partial charge in [0, 0.05) is 0 Å². The van der Waals surface area contributed by atoms with Gasteiger partial charge in [-0.3, -0.25) is 0 Å². The number of alkyl halides is 9. The molecule has 0 saturated carbocycles. The Morgan fingerprint density at radius 1 is 0.727 bits per heavy atom. The van der Waals surface area contributed by atoms with Crippen LogP contribution < -0.4 is 0 Å². The first kappa shape index (κ1) is 19.9. The molecule has 0 amide bonds. The molecule has 1 atom stereocenters. The van der Waals surface area contributed by atoms with Crippen molar-refractivity contribution >= 4 is 27.1 Å². The third kappa shape index (κ3) is 2.86. The van der Waals surface area contributed by atoms with Crippen molar-refractivity contribution in [3.63, 3.8) is 0 Å². The summed E-state index contributed by atoms with van der Waals surface area (Å²) < 4.78 is 131. The van der Waals surface area contributed by atoms with Gasteiger partial charge in [0.1, 0.15) is 0 Å². The van der Waals surface area contributed by atoms with Crippen LogP contribution >= 0.6 is 0 Å². The van der Waals surface area contributed by atoms with Crippen LogP contribution in [0.15, 0.2) is 0 Å². The van der Waals surface area contributed by atoms with E-state index >= 15 is 0 Å². The van der Waals surface area contributed by atoms with Crippen LogP contribution in [0.2, 0.25) is 19.6 Å². The molecule has 0 aromatic heterocycles. The fraction of sp³-hybridized carbons (Fsp3) is 1.00. The fourth-order valence-electron chi connectivity index (χ4n) is 1.63. The summed E-state index contributed by atoms with van der Waals surface area (Å²) in [6.07, 6.45) is -6.86. The standard InChI is InChI=1S/C7H11F9O3Si3/c1-21(2)17-20-18-22(3,19-21)7(15,16)5(10,11)4(8,9)6(12,13)14/h20H2,1-3H3. The molecular weight excluding hydrogens is 387 g/mol. The van der Waals surface area contributed by atoms with Crippen LogP contribution in [0, 0.1) is 0 Å². The summed E-state index contributed by atoms with van der Waals surface area (Å²) in [6.45, 7) is 2.67. The van der Waals surface area contributed by atoms with Crippen molar-refractivity contribution in [2.24, 2.45) is 0 Å². The average Bonchev–Trinajstić information content (AvgIpc) is 2.24. The Morgan fingerprint density at radius 3 is 1.55 bits per heavy atom. The van der Waals surface area contributed by atoms with Crippen LogP contribution in [0.1, 0.15) is 0 Å². The zero-order chi connectivity index (χ0) is 17.8. The van der Waals surface area contributed by atoms with E-state index in [1.807, 2.05) is 0 Å². The maximum absolute atomic E-state index is 13.9. The van der Waals surface area contributed by atoms with Gasteiger partial charge >= 0.3 is 40.7 Å². The van der Waals surface area contributed by atoms with Crippen molar-refractivity contribution in [1.29, 1.82) is 0 Å². The van der Waals surface area contributed by atoms with E-state index in [0.29, 0.717) is 6.55 Å². The normalized spacial score (nSPS) is 28.9. The molecule has 0 spiro atoms. The molecule has 0 aromatic carbocycles. The third-order valence-corrected chi connectivity index (χ3v) is 13.8. The van der Waals surface area contributed by atoms with Gasteiger partial charge in [0.15, 0.2) is 0 Å². The third-order valence-electron chi connectivity index (χ3n) is 2.90. The van der Waals surface area contributed by atoms with Crippen molar-refractivity contribution in [1.82, 2.24) is 0 Å². The molecule has 22 heavy (non-hydrogen) atoms. The Labute approximate surface area is 123 Å². The van der Waals surface area contributed by atoms with Crippen molar-refractivity contribution in [3.05, 3.63) is 0 Å². The summed E-state index contributed by atoms with van der Waals surface area (Å²) in [7, 11) is -11.0. The highest BCUT2D eigenvalue weighted by atomic mass is 28.5. The van der Waals surface area contributed by atoms with E-state index < -0.39 is 50.7 Å². The average molecular weight is 398 g/mol. The summed E-state index contributed by atoms with van der Waals surface area (Å²) in [4.78, 5) is 0. The first-order valence-corrected chi connectivity index (χ1v) is 11.9. The lowest BCUT2D eigenvalue weighted by Crippen LogP contribution is -2.75. The molecule has 0 aromatic rings. The lowest BCUT2D eigenvalue weighted by atomic mass is 10.1. The molecule has 1 heterocycles. The first-order valence-electron chi connectivity index (χ1n) is 5.59. The quantitative estimate of drug-likeness (QED) is 0.541. The summed E-state index contributed by atoms with van der Waals surface area (Å²) in [5.74, 6) is -13.7. The maximum atomic E-state index is 13.9. The van der Waals surface area contributed by atoms with E-state index in [4.69, 9.17) is 4.12 Å². The molecule has 0 N–H and O–H groups in total. The Kier molecular flexibility index (Phi) is 4.71. The molecule has 1 unspecified atom stereocenters. The highest BCUT2D eigenvalue weighted by molar-refractivity contribution is 6.86. The molecule has 1 fully saturated rings. The highest BCUT2D eigenvalue weighted by Crippen LogP contribution is 2.56. The molecule has 0 aliphatic carbocycles. The summed E-state index contributed by atoms with van der Waals surface area (Å²) in [5.41, 5.74) is -5.82. The highest BCUT2D eigenvalue weighted by Gasteiger charge is 2.87. The Bertz CT molecular complexity index is 441. The Hall–Kier alpha value is -0.0994. The lowest BCUT2D eigenvalue weighted by Gasteiger charge is -2.46. The first-order chi connectivity index (χ1) is 9.41. The van der Waals surface area contributed by atoms with Gasteiger partial charge in [-0.1, -0.05) is 0 Å². The SMILES string of the molecule is C[Si]1(C)O[SiH2]O[Si](C)(C(F)(F)C(F)(F)C(F)(F)C(F)(F)F)O1. The second-order valence-corrected chi connectivity index (χ2v) is 13.8. The van der Waals surface area contributed by atoms with Gasteiger partial charge in [-0.15, -0.1) is 0 Å². The fourth-order valence-corrected chi connectivity index (χ4v) is 11.7. The molecule has 1 rings (SSSR count). The van der Waals surface area contributed by atoms with Gasteiger partial charge in [-0.25, -0.2) is 0 Å². The van der Waals surface area contributed by atoms with Gasteiger partial charge < -0.3 is 12.3 Å². The molecule has 15 heteroatoms. The van der Waals surface area contributed by atoms with Gasteiger partial charge in [0.2, 0.25) is 0 Å². The van der Waals surface area contributed by atoms with Crippen LogP contribution in [0.25, 0.3) is 0 Å². The molecule has 132 valence electrons. The molecule has 1 aliphatic rings. The topological polar surface area (TPSA) is 27.7 Å². The minimum Gasteiger partial charge on any atom is -0.420 e. The molecular formula is C7H11F9O3Si3. The zero-order valence-corrected chi connectivity index (χ0v) is 14.7. The molecule has 0 bridgehead atoms. The minimum atomic E-state index is -6.95. The van der Waals surface area contributed by atoms with Crippen molar-refractivity contribution in [2.75, 3.05) is 0 Å². The maximum Gasteiger partial charge on any atom is 0.460 e. The second-order valence-electron chi connectivity index (χ2n) is 5.08. The number of halogens is 9. The smallest absolute Gasteiger partial charge is 0.420 e.